The predicted molar refractivity (Wildman–Crippen MR) is 103 cm³/mol. The molecule has 0 aromatic carbocycles. The van der Waals surface area contributed by atoms with Crippen molar-refractivity contribution in [2.24, 2.45) is 7.05 Å². The second-order valence-corrected chi connectivity index (χ2v) is 7.75. The minimum atomic E-state index is 0.510. The highest BCUT2D eigenvalue weighted by Gasteiger charge is 2.28. The Labute approximate surface area is 158 Å². The first kappa shape index (κ1) is 16.9. The van der Waals surface area contributed by atoms with Gasteiger partial charge in [0.05, 0.1) is 31.3 Å². The van der Waals surface area contributed by atoms with Gasteiger partial charge in [0, 0.05) is 55.6 Å². The number of hydrogen-bond donors (Lipinski definition) is 1. The van der Waals surface area contributed by atoms with E-state index in [4.69, 9.17) is 9.72 Å². The first-order chi connectivity index (χ1) is 13.3. The molecule has 7 heteroatoms. The average Bonchev–Trinajstić information content (AvgIpc) is 3.34. The summed E-state index contributed by atoms with van der Waals surface area (Å²) in [5.74, 6) is 0.510. The first-order valence-corrected chi connectivity index (χ1v) is 9.93. The van der Waals surface area contributed by atoms with Gasteiger partial charge in [0.25, 0.3) is 0 Å². The van der Waals surface area contributed by atoms with E-state index in [-0.39, 0.29) is 0 Å². The normalized spacial score (nSPS) is 24.5. The van der Waals surface area contributed by atoms with Crippen LogP contribution < -0.4 is 0 Å². The number of nitrogens with one attached hydrogen (secondary N) is 1. The van der Waals surface area contributed by atoms with Crippen molar-refractivity contribution >= 4 is 11.2 Å². The fraction of sp³-hybridized carbons (Fsp3) is 0.550. The van der Waals surface area contributed by atoms with E-state index in [0.29, 0.717) is 12.0 Å². The number of aromatic amines is 1. The highest BCUT2D eigenvalue weighted by Crippen LogP contribution is 2.35. The Morgan fingerprint density at radius 1 is 1.11 bits per heavy atom. The van der Waals surface area contributed by atoms with Crippen molar-refractivity contribution in [3.05, 3.63) is 30.5 Å². The fourth-order valence-corrected chi connectivity index (χ4v) is 4.56. The minimum Gasteiger partial charge on any atom is -0.379 e. The molecule has 0 unspecified atom stereocenters. The lowest BCUT2D eigenvalue weighted by atomic mass is 9.83. The third kappa shape index (κ3) is 3.26. The Bertz CT molecular complexity index is 918. The molecule has 3 aromatic rings. The summed E-state index contributed by atoms with van der Waals surface area (Å²) < 4.78 is 7.31. The standard InChI is InChI=1S/C20H26N6O/c1-25-13-15(10-23-25)17-11-21-20-19(17)24-18(12-22-20)14-2-4-16(5-3-14)26-6-8-27-9-7-26/h10-14,16H,2-9H2,1H3,(H,21,22). The molecular formula is C20H26N6O. The third-order valence-corrected chi connectivity index (χ3v) is 6.09. The number of rotatable bonds is 3. The lowest BCUT2D eigenvalue weighted by molar-refractivity contribution is 0.00721. The average molecular weight is 366 g/mol. The van der Waals surface area contributed by atoms with Crippen LogP contribution in [0.2, 0.25) is 0 Å². The van der Waals surface area contributed by atoms with E-state index in [9.17, 15) is 0 Å². The number of hydrogen-bond acceptors (Lipinski definition) is 5. The maximum absolute atomic E-state index is 5.49. The molecule has 1 aliphatic heterocycles. The molecule has 1 aliphatic carbocycles. The van der Waals surface area contributed by atoms with Crippen LogP contribution in [-0.4, -0.2) is 62.0 Å². The Balaban J connectivity index is 1.35. The quantitative estimate of drug-likeness (QED) is 0.772. The summed E-state index contributed by atoms with van der Waals surface area (Å²) in [6.07, 6.45) is 12.7. The molecule has 4 heterocycles. The van der Waals surface area contributed by atoms with E-state index in [0.717, 1.165) is 54.3 Å². The monoisotopic (exact) mass is 366 g/mol. The maximum atomic E-state index is 5.49. The molecule has 1 N–H and O–H groups in total. The van der Waals surface area contributed by atoms with Gasteiger partial charge in [-0.1, -0.05) is 0 Å². The largest absolute Gasteiger partial charge is 0.379 e. The SMILES string of the molecule is Cn1cc(-c2c[nH]c3ncc(C4CCC(N5CCOCC5)CC4)nc23)cn1. The van der Waals surface area contributed by atoms with Crippen molar-refractivity contribution in [2.45, 2.75) is 37.6 Å². The zero-order valence-electron chi connectivity index (χ0n) is 15.8. The number of morpholine rings is 1. The molecule has 3 aromatic heterocycles. The lowest BCUT2D eigenvalue weighted by Crippen LogP contribution is -2.44. The van der Waals surface area contributed by atoms with E-state index < -0.39 is 0 Å². The second-order valence-electron chi connectivity index (χ2n) is 7.75. The summed E-state index contributed by atoms with van der Waals surface area (Å²) in [4.78, 5) is 15.5. The molecule has 5 rings (SSSR count). The number of nitrogens with zero attached hydrogens (tertiary/aromatic N) is 5. The molecule has 2 aliphatic rings. The zero-order chi connectivity index (χ0) is 18.2. The molecular weight excluding hydrogens is 340 g/mol. The summed E-state index contributed by atoms with van der Waals surface area (Å²) >= 11 is 0. The highest BCUT2D eigenvalue weighted by atomic mass is 16.5. The molecule has 7 nitrogen and oxygen atoms in total. The van der Waals surface area contributed by atoms with Gasteiger partial charge in [0.15, 0.2) is 5.65 Å². The summed E-state index contributed by atoms with van der Waals surface area (Å²) in [5.41, 5.74) is 5.09. The molecule has 0 atom stereocenters. The van der Waals surface area contributed by atoms with E-state index in [1.54, 1.807) is 0 Å². The van der Waals surface area contributed by atoms with Gasteiger partial charge < -0.3 is 9.72 Å². The Hall–Kier alpha value is -2.25. The van der Waals surface area contributed by atoms with Gasteiger partial charge in [-0.15, -0.1) is 0 Å². The summed E-state index contributed by atoms with van der Waals surface area (Å²) in [5, 5.41) is 4.29. The number of aromatic nitrogens is 5. The molecule has 1 saturated heterocycles. The number of fused-ring (bicyclic) bond motifs is 1. The van der Waals surface area contributed by atoms with Gasteiger partial charge in [-0.3, -0.25) is 9.58 Å². The second kappa shape index (κ2) is 7.05. The van der Waals surface area contributed by atoms with Crippen LogP contribution in [0.1, 0.15) is 37.3 Å². The number of H-pyrrole nitrogens is 1. The van der Waals surface area contributed by atoms with Crippen molar-refractivity contribution in [2.75, 3.05) is 26.3 Å². The van der Waals surface area contributed by atoms with Crippen LogP contribution in [0.15, 0.2) is 24.8 Å². The molecule has 0 amide bonds. The van der Waals surface area contributed by atoms with Crippen LogP contribution in [0.3, 0.4) is 0 Å². The van der Waals surface area contributed by atoms with Gasteiger partial charge in [-0.05, 0) is 25.7 Å². The highest BCUT2D eigenvalue weighted by molar-refractivity contribution is 5.89. The van der Waals surface area contributed by atoms with Crippen LogP contribution in [-0.2, 0) is 11.8 Å². The molecule has 0 radical (unpaired) electrons. The van der Waals surface area contributed by atoms with Gasteiger partial charge in [0.1, 0.15) is 5.52 Å². The molecule has 1 saturated carbocycles. The molecule has 142 valence electrons. The van der Waals surface area contributed by atoms with Crippen molar-refractivity contribution in [1.29, 1.82) is 0 Å². The molecule has 27 heavy (non-hydrogen) atoms. The summed E-state index contributed by atoms with van der Waals surface area (Å²) in [7, 11) is 1.93. The molecule has 0 spiro atoms. The fourth-order valence-electron chi connectivity index (χ4n) is 4.56. The smallest absolute Gasteiger partial charge is 0.156 e. The zero-order valence-corrected chi connectivity index (χ0v) is 15.8. The van der Waals surface area contributed by atoms with Crippen molar-refractivity contribution < 1.29 is 4.74 Å². The van der Waals surface area contributed by atoms with Crippen molar-refractivity contribution in [1.82, 2.24) is 29.6 Å². The Morgan fingerprint density at radius 2 is 1.93 bits per heavy atom. The van der Waals surface area contributed by atoms with Crippen LogP contribution in [0.4, 0.5) is 0 Å². The minimum absolute atomic E-state index is 0.510. The topological polar surface area (TPSA) is 71.9 Å². The third-order valence-electron chi connectivity index (χ3n) is 6.09. The first-order valence-electron chi connectivity index (χ1n) is 9.93. The number of aryl methyl sites for hydroxylation is 1. The molecule has 2 fully saturated rings. The van der Waals surface area contributed by atoms with Crippen LogP contribution >= 0.6 is 0 Å². The Morgan fingerprint density at radius 3 is 2.67 bits per heavy atom. The van der Waals surface area contributed by atoms with Crippen molar-refractivity contribution in [3.63, 3.8) is 0 Å². The van der Waals surface area contributed by atoms with Gasteiger partial charge in [-0.2, -0.15) is 5.10 Å². The summed E-state index contributed by atoms with van der Waals surface area (Å²) in [6, 6.07) is 0.708. The van der Waals surface area contributed by atoms with Crippen LogP contribution in [0.5, 0.6) is 0 Å². The van der Waals surface area contributed by atoms with Crippen LogP contribution in [0.25, 0.3) is 22.3 Å². The van der Waals surface area contributed by atoms with E-state index in [1.807, 2.05) is 36.5 Å². The summed E-state index contributed by atoms with van der Waals surface area (Å²) in [6.45, 7) is 3.93. The molecule has 0 bridgehead atoms. The van der Waals surface area contributed by atoms with E-state index >= 15 is 0 Å². The van der Waals surface area contributed by atoms with Gasteiger partial charge in [-0.25, -0.2) is 9.97 Å². The van der Waals surface area contributed by atoms with Crippen molar-refractivity contribution in [3.8, 4) is 11.1 Å². The number of ether oxygens (including phenoxy) is 1. The Kier molecular flexibility index (Phi) is 4.41. The van der Waals surface area contributed by atoms with Gasteiger partial charge in [0.2, 0.25) is 0 Å². The van der Waals surface area contributed by atoms with Gasteiger partial charge >= 0.3 is 0 Å². The van der Waals surface area contributed by atoms with E-state index in [1.165, 1.54) is 25.7 Å². The van der Waals surface area contributed by atoms with Crippen LogP contribution in [0, 0.1) is 0 Å². The predicted octanol–water partition coefficient (Wildman–Crippen LogP) is 2.72. The maximum Gasteiger partial charge on any atom is 0.156 e. The van der Waals surface area contributed by atoms with E-state index in [2.05, 4.69) is 20.0 Å². The lowest BCUT2D eigenvalue weighted by Gasteiger charge is -2.38.